The molecule has 0 heterocycles. The van der Waals surface area contributed by atoms with E-state index in [1.165, 1.54) is 32.1 Å². The molecule has 1 atom stereocenters. The van der Waals surface area contributed by atoms with Gasteiger partial charge in [0.25, 0.3) is 0 Å². The van der Waals surface area contributed by atoms with Crippen molar-refractivity contribution in [3.63, 3.8) is 0 Å². The monoisotopic (exact) mass is 337 g/mol. The summed E-state index contributed by atoms with van der Waals surface area (Å²) in [5, 5.41) is 12.1. The Kier molecular flexibility index (Phi) is 7.76. The molecule has 0 spiro atoms. The van der Waals surface area contributed by atoms with E-state index < -0.39 is 10.8 Å². The molecule has 5 heteroatoms. The molecule has 0 saturated heterocycles. The highest BCUT2D eigenvalue weighted by Gasteiger charge is 2.15. The lowest BCUT2D eigenvalue weighted by atomic mass is 9.97. The van der Waals surface area contributed by atoms with Gasteiger partial charge in [-0.05, 0) is 24.0 Å². The molecule has 1 aliphatic rings. The molecule has 0 radical (unpaired) electrons. The van der Waals surface area contributed by atoms with Crippen LogP contribution in [0.2, 0.25) is 0 Å². The molecule has 1 fully saturated rings. The quantitative estimate of drug-likeness (QED) is 0.839. The molecule has 23 heavy (non-hydrogen) atoms. The second-order valence-corrected chi connectivity index (χ2v) is 7.77. The third-order valence-electron chi connectivity index (χ3n) is 4.30. The zero-order valence-corrected chi connectivity index (χ0v) is 14.4. The van der Waals surface area contributed by atoms with Crippen LogP contribution >= 0.6 is 0 Å². The van der Waals surface area contributed by atoms with Gasteiger partial charge in [0, 0.05) is 22.6 Å². The van der Waals surface area contributed by atoms with E-state index in [9.17, 15) is 9.00 Å². The van der Waals surface area contributed by atoms with Gasteiger partial charge in [0.15, 0.2) is 0 Å². The SMILES string of the molecule is O=C(CS(=O)Cc1ccc(CO)cc1)NC1CCCCCCC1. The average Bonchev–Trinajstić information content (AvgIpc) is 2.50. The van der Waals surface area contributed by atoms with Crippen LogP contribution in [0.15, 0.2) is 24.3 Å². The molecule has 0 bridgehead atoms. The summed E-state index contributed by atoms with van der Waals surface area (Å²) in [5.41, 5.74) is 1.76. The highest BCUT2D eigenvalue weighted by atomic mass is 32.2. The Morgan fingerprint density at radius 2 is 1.61 bits per heavy atom. The summed E-state index contributed by atoms with van der Waals surface area (Å²) < 4.78 is 12.1. The first-order chi connectivity index (χ1) is 11.2. The lowest BCUT2D eigenvalue weighted by molar-refractivity contribution is -0.119. The summed E-state index contributed by atoms with van der Waals surface area (Å²) in [6, 6.07) is 7.61. The fourth-order valence-electron chi connectivity index (χ4n) is 2.99. The van der Waals surface area contributed by atoms with Crippen LogP contribution < -0.4 is 5.32 Å². The van der Waals surface area contributed by atoms with E-state index in [1.807, 2.05) is 24.3 Å². The van der Waals surface area contributed by atoms with Crippen molar-refractivity contribution in [3.8, 4) is 0 Å². The Labute approximate surface area is 141 Å². The molecule has 1 unspecified atom stereocenters. The number of benzene rings is 1. The second-order valence-electron chi connectivity index (χ2n) is 6.31. The van der Waals surface area contributed by atoms with Crippen LogP contribution in [0.1, 0.15) is 56.1 Å². The summed E-state index contributed by atoms with van der Waals surface area (Å²) in [4.78, 5) is 12.1. The third-order valence-corrected chi connectivity index (χ3v) is 5.54. The minimum absolute atomic E-state index is 0.00711. The zero-order valence-electron chi connectivity index (χ0n) is 13.6. The van der Waals surface area contributed by atoms with Crippen LogP contribution in [0, 0.1) is 0 Å². The summed E-state index contributed by atoms with van der Waals surface area (Å²) in [5.74, 6) is 0.350. The predicted octanol–water partition coefficient (Wildman–Crippen LogP) is 2.66. The van der Waals surface area contributed by atoms with Gasteiger partial charge >= 0.3 is 0 Å². The third kappa shape index (κ3) is 6.83. The topological polar surface area (TPSA) is 66.4 Å². The maximum atomic E-state index is 12.1. The van der Waals surface area contributed by atoms with Gasteiger partial charge in [0.1, 0.15) is 5.75 Å². The number of aliphatic hydroxyl groups is 1. The molecule has 2 N–H and O–H groups in total. The molecule has 1 aliphatic carbocycles. The van der Waals surface area contributed by atoms with Crippen molar-refractivity contribution in [2.24, 2.45) is 0 Å². The Morgan fingerprint density at radius 3 is 2.22 bits per heavy atom. The fourth-order valence-corrected chi connectivity index (χ4v) is 4.04. The van der Waals surface area contributed by atoms with Crippen LogP contribution in [0.4, 0.5) is 0 Å². The van der Waals surface area contributed by atoms with Gasteiger partial charge in [-0.2, -0.15) is 0 Å². The van der Waals surface area contributed by atoms with Crippen molar-refractivity contribution in [1.29, 1.82) is 0 Å². The standard InChI is InChI=1S/C18H27NO3S/c20-12-15-8-10-16(11-9-15)13-23(22)14-18(21)19-17-6-4-2-1-3-5-7-17/h8-11,17,20H,1-7,12-14H2,(H,19,21). The lowest BCUT2D eigenvalue weighted by Gasteiger charge is -2.20. The number of carbonyl (C=O) groups excluding carboxylic acids is 1. The molecule has 1 aromatic carbocycles. The first kappa shape index (κ1) is 18.1. The van der Waals surface area contributed by atoms with E-state index in [4.69, 9.17) is 5.11 Å². The van der Waals surface area contributed by atoms with Crippen LogP contribution in [0.3, 0.4) is 0 Å². The molecule has 1 aromatic rings. The van der Waals surface area contributed by atoms with E-state index in [0.717, 1.165) is 24.0 Å². The Balaban J connectivity index is 1.75. The highest BCUT2D eigenvalue weighted by Crippen LogP contribution is 2.17. The Hall–Kier alpha value is -1.20. The zero-order chi connectivity index (χ0) is 16.5. The number of aliphatic hydroxyl groups excluding tert-OH is 1. The molecule has 4 nitrogen and oxygen atoms in total. The molecule has 0 aromatic heterocycles. The van der Waals surface area contributed by atoms with Crippen LogP contribution in [-0.4, -0.2) is 27.0 Å². The Bertz CT molecular complexity index is 508. The smallest absolute Gasteiger partial charge is 0.232 e. The van der Waals surface area contributed by atoms with Crippen molar-refractivity contribution < 1.29 is 14.1 Å². The van der Waals surface area contributed by atoms with Crippen molar-refractivity contribution in [1.82, 2.24) is 5.32 Å². The summed E-state index contributed by atoms with van der Waals surface area (Å²) in [6.45, 7) is 0.00711. The van der Waals surface area contributed by atoms with E-state index in [0.29, 0.717) is 5.75 Å². The fraction of sp³-hybridized carbons (Fsp3) is 0.611. The number of hydrogen-bond donors (Lipinski definition) is 2. The van der Waals surface area contributed by atoms with Crippen molar-refractivity contribution in [2.45, 2.75) is 63.3 Å². The minimum atomic E-state index is -1.20. The van der Waals surface area contributed by atoms with Gasteiger partial charge in [-0.15, -0.1) is 0 Å². The second kappa shape index (κ2) is 9.83. The highest BCUT2D eigenvalue weighted by molar-refractivity contribution is 7.84. The molecule has 1 amide bonds. The van der Waals surface area contributed by atoms with Crippen molar-refractivity contribution in [2.75, 3.05) is 5.75 Å². The predicted molar refractivity (Wildman–Crippen MR) is 93.3 cm³/mol. The number of nitrogens with one attached hydrogen (secondary N) is 1. The van der Waals surface area contributed by atoms with Crippen molar-refractivity contribution >= 4 is 16.7 Å². The van der Waals surface area contributed by atoms with E-state index in [2.05, 4.69) is 5.32 Å². The van der Waals surface area contributed by atoms with Gasteiger partial charge < -0.3 is 10.4 Å². The molecule has 128 valence electrons. The number of carbonyl (C=O) groups is 1. The molecular weight excluding hydrogens is 310 g/mol. The largest absolute Gasteiger partial charge is 0.392 e. The van der Waals surface area contributed by atoms with Gasteiger partial charge in [0.05, 0.1) is 6.61 Å². The maximum Gasteiger partial charge on any atom is 0.232 e. The number of hydrogen-bond acceptors (Lipinski definition) is 3. The van der Waals surface area contributed by atoms with Crippen LogP contribution in [0.25, 0.3) is 0 Å². The van der Waals surface area contributed by atoms with E-state index in [-0.39, 0.29) is 24.3 Å². The molecule has 0 aliphatic heterocycles. The maximum absolute atomic E-state index is 12.1. The minimum Gasteiger partial charge on any atom is -0.392 e. The molecule has 2 rings (SSSR count). The summed E-state index contributed by atoms with van der Waals surface area (Å²) in [7, 11) is -1.20. The number of rotatable bonds is 6. The first-order valence-electron chi connectivity index (χ1n) is 8.50. The van der Waals surface area contributed by atoms with E-state index >= 15 is 0 Å². The van der Waals surface area contributed by atoms with Crippen molar-refractivity contribution in [3.05, 3.63) is 35.4 Å². The molecular formula is C18H27NO3S. The Morgan fingerprint density at radius 1 is 1.04 bits per heavy atom. The van der Waals surface area contributed by atoms with E-state index in [1.54, 1.807) is 0 Å². The average molecular weight is 337 g/mol. The first-order valence-corrected chi connectivity index (χ1v) is 9.99. The van der Waals surface area contributed by atoms with Crippen LogP contribution in [-0.2, 0) is 28.0 Å². The molecule has 1 saturated carbocycles. The van der Waals surface area contributed by atoms with Gasteiger partial charge in [-0.3, -0.25) is 9.00 Å². The summed E-state index contributed by atoms with van der Waals surface area (Å²) in [6.07, 6.45) is 8.24. The summed E-state index contributed by atoms with van der Waals surface area (Å²) >= 11 is 0. The van der Waals surface area contributed by atoms with Crippen LogP contribution in [0.5, 0.6) is 0 Å². The van der Waals surface area contributed by atoms with Gasteiger partial charge in [0.2, 0.25) is 5.91 Å². The van der Waals surface area contributed by atoms with Gasteiger partial charge in [-0.25, -0.2) is 0 Å². The number of amides is 1. The van der Waals surface area contributed by atoms with Gasteiger partial charge in [-0.1, -0.05) is 56.4 Å². The normalized spacial score (nSPS) is 18.0. The lowest BCUT2D eigenvalue weighted by Crippen LogP contribution is -2.38.